The average Bonchev–Trinajstić information content (AvgIpc) is 2.36. The summed E-state index contributed by atoms with van der Waals surface area (Å²) in [4.78, 5) is 14.0. The molecule has 0 bridgehead atoms. The standard InChI is InChI=1S/C13H18ClN3O/c1-9-10(14)3-2-4-11(9)17-8-7-16-13(18)12(17)5-6-15/h2-4,12H,5-8,15H2,1H3,(H,16,18). The van der Waals surface area contributed by atoms with Gasteiger partial charge in [-0.05, 0) is 37.6 Å². The molecule has 1 fully saturated rings. The first-order chi connectivity index (χ1) is 8.65. The first-order valence-electron chi connectivity index (χ1n) is 6.14. The van der Waals surface area contributed by atoms with Crippen LogP contribution in [0.5, 0.6) is 0 Å². The van der Waals surface area contributed by atoms with E-state index >= 15 is 0 Å². The van der Waals surface area contributed by atoms with Gasteiger partial charge in [-0.2, -0.15) is 0 Å². The number of nitrogens with two attached hydrogens (primary N) is 1. The van der Waals surface area contributed by atoms with Crippen molar-refractivity contribution in [2.24, 2.45) is 5.73 Å². The van der Waals surface area contributed by atoms with Crippen LogP contribution in [-0.2, 0) is 4.79 Å². The van der Waals surface area contributed by atoms with Gasteiger partial charge in [-0.15, -0.1) is 0 Å². The van der Waals surface area contributed by atoms with Gasteiger partial charge >= 0.3 is 0 Å². The number of carbonyl (C=O) groups excluding carboxylic acids is 1. The van der Waals surface area contributed by atoms with Crippen LogP contribution >= 0.6 is 11.6 Å². The predicted octanol–water partition coefficient (Wildman–Crippen LogP) is 1.30. The Labute approximate surface area is 112 Å². The van der Waals surface area contributed by atoms with E-state index in [9.17, 15) is 4.79 Å². The van der Waals surface area contributed by atoms with Gasteiger partial charge in [0.1, 0.15) is 6.04 Å². The second-order valence-electron chi connectivity index (χ2n) is 4.46. The molecule has 1 saturated heterocycles. The van der Waals surface area contributed by atoms with Crippen LogP contribution in [0.25, 0.3) is 0 Å². The Morgan fingerprint density at radius 1 is 1.56 bits per heavy atom. The molecular formula is C13H18ClN3O. The molecule has 1 atom stereocenters. The molecule has 1 heterocycles. The number of rotatable bonds is 3. The molecule has 4 nitrogen and oxygen atoms in total. The molecule has 98 valence electrons. The molecule has 5 heteroatoms. The van der Waals surface area contributed by atoms with Crippen LogP contribution in [-0.4, -0.2) is 31.6 Å². The number of benzene rings is 1. The Morgan fingerprint density at radius 3 is 3.06 bits per heavy atom. The van der Waals surface area contributed by atoms with E-state index in [-0.39, 0.29) is 11.9 Å². The lowest BCUT2D eigenvalue weighted by molar-refractivity contribution is -0.123. The van der Waals surface area contributed by atoms with Crippen LogP contribution in [0.15, 0.2) is 18.2 Å². The molecule has 1 unspecified atom stereocenters. The van der Waals surface area contributed by atoms with Crippen LogP contribution in [0, 0.1) is 6.92 Å². The van der Waals surface area contributed by atoms with Gasteiger partial charge in [0, 0.05) is 23.8 Å². The summed E-state index contributed by atoms with van der Waals surface area (Å²) in [5, 5.41) is 3.61. The maximum Gasteiger partial charge on any atom is 0.242 e. The number of carbonyl (C=O) groups is 1. The molecule has 3 N–H and O–H groups in total. The van der Waals surface area contributed by atoms with E-state index in [1.807, 2.05) is 25.1 Å². The van der Waals surface area contributed by atoms with Gasteiger partial charge in [-0.1, -0.05) is 17.7 Å². The van der Waals surface area contributed by atoms with Gasteiger partial charge in [-0.25, -0.2) is 0 Å². The van der Waals surface area contributed by atoms with Crippen LogP contribution < -0.4 is 16.0 Å². The van der Waals surface area contributed by atoms with Crippen LogP contribution in [0.2, 0.25) is 5.02 Å². The van der Waals surface area contributed by atoms with E-state index in [2.05, 4.69) is 10.2 Å². The Hall–Kier alpha value is -1.26. The zero-order valence-corrected chi connectivity index (χ0v) is 11.2. The van der Waals surface area contributed by atoms with Crippen molar-refractivity contribution < 1.29 is 4.79 Å². The number of hydrogen-bond acceptors (Lipinski definition) is 3. The van der Waals surface area contributed by atoms with Crippen molar-refractivity contribution in [2.75, 3.05) is 24.5 Å². The molecule has 1 aromatic rings. The Kier molecular flexibility index (Phi) is 4.09. The van der Waals surface area contributed by atoms with Gasteiger partial charge in [-0.3, -0.25) is 4.79 Å². The second kappa shape index (κ2) is 5.59. The summed E-state index contributed by atoms with van der Waals surface area (Å²) >= 11 is 6.14. The van der Waals surface area contributed by atoms with Gasteiger partial charge in [0.05, 0.1) is 0 Å². The molecule has 0 radical (unpaired) electrons. The maximum atomic E-state index is 11.9. The van der Waals surface area contributed by atoms with Gasteiger partial charge in [0.2, 0.25) is 5.91 Å². The molecule has 1 amide bonds. The summed E-state index contributed by atoms with van der Waals surface area (Å²) in [5.74, 6) is 0.0473. The lowest BCUT2D eigenvalue weighted by Gasteiger charge is -2.37. The Morgan fingerprint density at radius 2 is 2.33 bits per heavy atom. The first kappa shape index (κ1) is 13.2. The predicted molar refractivity (Wildman–Crippen MR) is 74.0 cm³/mol. The number of amides is 1. The number of hydrogen-bond donors (Lipinski definition) is 2. The number of anilines is 1. The molecular weight excluding hydrogens is 250 g/mol. The highest BCUT2D eigenvalue weighted by atomic mass is 35.5. The summed E-state index contributed by atoms with van der Waals surface area (Å²) in [6.07, 6.45) is 0.651. The van der Waals surface area contributed by atoms with Crippen molar-refractivity contribution in [3.63, 3.8) is 0 Å². The van der Waals surface area contributed by atoms with E-state index in [1.54, 1.807) is 0 Å². The molecule has 0 aromatic heterocycles. The van der Waals surface area contributed by atoms with E-state index in [0.29, 0.717) is 19.5 Å². The lowest BCUT2D eigenvalue weighted by atomic mass is 10.1. The van der Waals surface area contributed by atoms with Crippen LogP contribution in [0.4, 0.5) is 5.69 Å². The van der Waals surface area contributed by atoms with Crippen LogP contribution in [0.3, 0.4) is 0 Å². The Bertz CT molecular complexity index is 450. The lowest BCUT2D eigenvalue weighted by Crippen LogP contribution is -2.56. The Balaban J connectivity index is 2.34. The second-order valence-corrected chi connectivity index (χ2v) is 4.87. The topological polar surface area (TPSA) is 58.4 Å². The van der Waals surface area contributed by atoms with Crippen LogP contribution in [0.1, 0.15) is 12.0 Å². The summed E-state index contributed by atoms with van der Waals surface area (Å²) in [7, 11) is 0. The van der Waals surface area contributed by atoms with E-state index in [0.717, 1.165) is 22.8 Å². The third kappa shape index (κ3) is 2.44. The third-order valence-electron chi connectivity index (χ3n) is 3.32. The minimum absolute atomic E-state index is 0.0473. The molecule has 0 aliphatic carbocycles. The normalized spacial score (nSPS) is 19.8. The zero-order valence-electron chi connectivity index (χ0n) is 10.4. The van der Waals surface area contributed by atoms with Crippen molar-refractivity contribution in [1.29, 1.82) is 0 Å². The molecule has 2 rings (SSSR count). The summed E-state index contributed by atoms with van der Waals surface area (Å²) in [6, 6.07) is 5.59. The SMILES string of the molecule is Cc1c(Cl)cccc1N1CCNC(=O)C1CCN. The number of piperazine rings is 1. The average molecular weight is 268 g/mol. The maximum absolute atomic E-state index is 11.9. The largest absolute Gasteiger partial charge is 0.357 e. The highest BCUT2D eigenvalue weighted by Crippen LogP contribution is 2.29. The van der Waals surface area contributed by atoms with E-state index in [1.165, 1.54) is 0 Å². The van der Waals surface area contributed by atoms with Gasteiger partial charge in [0.25, 0.3) is 0 Å². The quantitative estimate of drug-likeness (QED) is 0.868. The minimum atomic E-state index is -0.194. The third-order valence-corrected chi connectivity index (χ3v) is 3.73. The number of nitrogens with one attached hydrogen (secondary N) is 1. The monoisotopic (exact) mass is 267 g/mol. The zero-order chi connectivity index (χ0) is 13.1. The molecule has 1 aliphatic rings. The fourth-order valence-electron chi connectivity index (χ4n) is 2.36. The van der Waals surface area contributed by atoms with Crippen molar-refractivity contribution in [3.05, 3.63) is 28.8 Å². The van der Waals surface area contributed by atoms with E-state index in [4.69, 9.17) is 17.3 Å². The highest BCUT2D eigenvalue weighted by Gasteiger charge is 2.29. The molecule has 18 heavy (non-hydrogen) atoms. The minimum Gasteiger partial charge on any atom is -0.357 e. The number of nitrogens with zero attached hydrogens (tertiary/aromatic N) is 1. The smallest absolute Gasteiger partial charge is 0.242 e. The first-order valence-corrected chi connectivity index (χ1v) is 6.52. The molecule has 1 aromatic carbocycles. The van der Waals surface area contributed by atoms with Crippen molar-refractivity contribution in [3.8, 4) is 0 Å². The van der Waals surface area contributed by atoms with Gasteiger partial charge in [0.15, 0.2) is 0 Å². The molecule has 0 saturated carbocycles. The molecule has 1 aliphatic heterocycles. The van der Waals surface area contributed by atoms with Crippen molar-refractivity contribution in [1.82, 2.24) is 5.32 Å². The highest BCUT2D eigenvalue weighted by molar-refractivity contribution is 6.31. The summed E-state index contributed by atoms with van der Waals surface area (Å²) < 4.78 is 0. The molecule has 0 spiro atoms. The summed E-state index contributed by atoms with van der Waals surface area (Å²) in [5.41, 5.74) is 7.63. The van der Waals surface area contributed by atoms with Crippen molar-refractivity contribution in [2.45, 2.75) is 19.4 Å². The fourth-order valence-corrected chi connectivity index (χ4v) is 2.52. The van der Waals surface area contributed by atoms with E-state index < -0.39 is 0 Å². The van der Waals surface area contributed by atoms with Crippen molar-refractivity contribution >= 4 is 23.2 Å². The van der Waals surface area contributed by atoms with Gasteiger partial charge < -0.3 is 16.0 Å². The fraction of sp³-hybridized carbons (Fsp3) is 0.462. The number of halogens is 1. The summed E-state index contributed by atoms with van der Waals surface area (Å²) in [6.45, 7) is 3.92.